The first kappa shape index (κ1) is 15.1. The van der Waals surface area contributed by atoms with Crippen molar-refractivity contribution in [2.75, 3.05) is 24.4 Å². The Labute approximate surface area is 144 Å². The smallest absolute Gasteiger partial charge is 0.265 e. The molecule has 0 spiro atoms. The molecule has 0 bridgehead atoms. The van der Waals surface area contributed by atoms with Crippen LogP contribution >= 0.6 is 0 Å². The fourth-order valence-corrected chi connectivity index (χ4v) is 2.59. The van der Waals surface area contributed by atoms with E-state index in [1.54, 1.807) is 6.21 Å². The van der Waals surface area contributed by atoms with Gasteiger partial charge in [-0.05, 0) is 23.8 Å². The molecule has 0 atom stereocenters. The van der Waals surface area contributed by atoms with Crippen molar-refractivity contribution in [2.45, 2.75) is 0 Å². The van der Waals surface area contributed by atoms with Crippen molar-refractivity contribution in [1.29, 1.82) is 0 Å². The molecule has 0 radical (unpaired) electrons. The molecule has 0 aliphatic heterocycles. The number of anilines is 2. The van der Waals surface area contributed by atoms with Crippen LogP contribution in [0, 0.1) is 0 Å². The number of rotatable bonds is 4. The quantitative estimate of drug-likeness (QED) is 0.444. The molecule has 7 nitrogen and oxygen atoms in total. The number of nitrogens with zero attached hydrogens (tertiary/aromatic N) is 5. The van der Waals surface area contributed by atoms with E-state index >= 15 is 0 Å². The number of aromatic nitrogens is 4. The number of H-pyrrole nitrogens is 1. The van der Waals surface area contributed by atoms with E-state index in [1.807, 2.05) is 67.5 Å². The standard InChI is InChI=1S/C18H17N7/c1-25(2)13-9-7-12(8-10-13)11-19-23-18-21-17-16(22-24-18)14-5-3-4-6-15(14)20-17/h3-11H,1-2H3,(H2,20,21,23,24)/b19-11-. The summed E-state index contributed by atoms with van der Waals surface area (Å²) in [6.45, 7) is 0. The van der Waals surface area contributed by atoms with E-state index in [4.69, 9.17) is 0 Å². The summed E-state index contributed by atoms with van der Waals surface area (Å²) < 4.78 is 0. The van der Waals surface area contributed by atoms with E-state index in [0.717, 1.165) is 27.7 Å². The van der Waals surface area contributed by atoms with Gasteiger partial charge in [-0.15, -0.1) is 10.2 Å². The van der Waals surface area contributed by atoms with Gasteiger partial charge in [0.05, 0.1) is 6.21 Å². The van der Waals surface area contributed by atoms with Gasteiger partial charge in [-0.2, -0.15) is 10.1 Å². The van der Waals surface area contributed by atoms with Crippen LogP contribution in [0.4, 0.5) is 11.6 Å². The lowest BCUT2D eigenvalue weighted by Crippen LogP contribution is -2.08. The third kappa shape index (κ3) is 2.99. The summed E-state index contributed by atoms with van der Waals surface area (Å²) in [5.74, 6) is 0.347. The van der Waals surface area contributed by atoms with Crippen molar-refractivity contribution in [2.24, 2.45) is 5.10 Å². The Morgan fingerprint density at radius 3 is 2.64 bits per heavy atom. The van der Waals surface area contributed by atoms with Gasteiger partial charge in [0.15, 0.2) is 5.65 Å². The second kappa shape index (κ2) is 6.20. The average Bonchev–Trinajstić information content (AvgIpc) is 3.00. The van der Waals surface area contributed by atoms with Gasteiger partial charge in [-0.1, -0.05) is 30.3 Å². The monoisotopic (exact) mass is 331 g/mol. The second-order valence-corrected chi connectivity index (χ2v) is 5.86. The molecule has 4 rings (SSSR count). The minimum absolute atomic E-state index is 0.347. The average molecular weight is 331 g/mol. The van der Waals surface area contributed by atoms with Crippen LogP contribution in [0.3, 0.4) is 0 Å². The zero-order chi connectivity index (χ0) is 17.2. The van der Waals surface area contributed by atoms with Crippen molar-refractivity contribution in [1.82, 2.24) is 20.2 Å². The zero-order valence-corrected chi connectivity index (χ0v) is 13.9. The van der Waals surface area contributed by atoms with Crippen LogP contribution in [0.5, 0.6) is 0 Å². The molecule has 0 aliphatic carbocycles. The van der Waals surface area contributed by atoms with Crippen LogP contribution in [-0.4, -0.2) is 40.5 Å². The Morgan fingerprint density at radius 2 is 1.84 bits per heavy atom. The van der Waals surface area contributed by atoms with Gasteiger partial charge in [-0.3, -0.25) is 0 Å². The molecule has 0 fully saturated rings. The van der Waals surface area contributed by atoms with Crippen LogP contribution in [0.2, 0.25) is 0 Å². The summed E-state index contributed by atoms with van der Waals surface area (Å²) in [4.78, 5) is 9.70. The number of aromatic amines is 1. The summed E-state index contributed by atoms with van der Waals surface area (Å²) in [7, 11) is 4.02. The number of hydrogen-bond donors (Lipinski definition) is 2. The first-order valence-corrected chi connectivity index (χ1v) is 7.88. The molecule has 2 N–H and O–H groups in total. The maximum atomic E-state index is 4.42. The van der Waals surface area contributed by atoms with Gasteiger partial charge < -0.3 is 9.88 Å². The molecule has 4 aromatic rings. The minimum atomic E-state index is 0.347. The Bertz CT molecular complexity index is 1050. The highest BCUT2D eigenvalue weighted by molar-refractivity contribution is 6.03. The number of nitrogens with one attached hydrogen (secondary N) is 2. The summed E-state index contributed by atoms with van der Waals surface area (Å²) in [5.41, 5.74) is 7.37. The Kier molecular flexibility index (Phi) is 3.74. The first-order chi connectivity index (χ1) is 12.2. The van der Waals surface area contributed by atoms with Gasteiger partial charge >= 0.3 is 0 Å². The van der Waals surface area contributed by atoms with Gasteiger partial charge in [0.2, 0.25) is 0 Å². The third-order valence-corrected chi connectivity index (χ3v) is 3.91. The molecule has 2 aromatic carbocycles. The highest BCUT2D eigenvalue weighted by Gasteiger charge is 2.07. The van der Waals surface area contributed by atoms with Crippen LogP contribution < -0.4 is 10.3 Å². The van der Waals surface area contributed by atoms with E-state index in [-0.39, 0.29) is 0 Å². The molecule has 2 aromatic heterocycles. The van der Waals surface area contributed by atoms with Crippen LogP contribution in [-0.2, 0) is 0 Å². The highest BCUT2D eigenvalue weighted by Crippen LogP contribution is 2.21. The van der Waals surface area contributed by atoms with Gasteiger partial charge in [-0.25, -0.2) is 5.43 Å². The molecule has 0 aliphatic rings. The Hall–Kier alpha value is -3.48. The van der Waals surface area contributed by atoms with Crippen molar-refractivity contribution >= 4 is 39.9 Å². The third-order valence-electron chi connectivity index (χ3n) is 3.91. The predicted octanol–water partition coefficient (Wildman–Crippen LogP) is 3.02. The molecule has 7 heteroatoms. The number of para-hydroxylation sites is 1. The SMILES string of the molecule is CN(C)c1ccc(/C=N\Nc2nnc3c(n2)[nH]c2ccccc23)cc1. The van der Waals surface area contributed by atoms with E-state index in [2.05, 4.69) is 30.7 Å². The van der Waals surface area contributed by atoms with Crippen molar-refractivity contribution in [3.63, 3.8) is 0 Å². The molecule has 0 saturated heterocycles. The lowest BCUT2D eigenvalue weighted by Gasteiger charge is -2.11. The number of fused-ring (bicyclic) bond motifs is 3. The van der Waals surface area contributed by atoms with E-state index in [1.165, 1.54) is 0 Å². The molecular weight excluding hydrogens is 314 g/mol. The number of hydrogen-bond acceptors (Lipinski definition) is 6. The zero-order valence-electron chi connectivity index (χ0n) is 13.9. The lowest BCUT2D eigenvalue weighted by atomic mass is 10.2. The summed E-state index contributed by atoms with van der Waals surface area (Å²) in [6.07, 6.45) is 1.72. The molecule has 25 heavy (non-hydrogen) atoms. The van der Waals surface area contributed by atoms with Gasteiger partial charge in [0, 0.05) is 30.7 Å². The largest absolute Gasteiger partial charge is 0.378 e. The Balaban J connectivity index is 1.53. The molecule has 0 amide bonds. The van der Waals surface area contributed by atoms with E-state index in [0.29, 0.717) is 11.6 Å². The summed E-state index contributed by atoms with van der Waals surface area (Å²) >= 11 is 0. The first-order valence-electron chi connectivity index (χ1n) is 7.88. The molecule has 0 unspecified atom stereocenters. The maximum absolute atomic E-state index is 4.42. The van der Waals surface area contributed by atoms with Crippen molar-refractivity contribution in [3.8, 4) is 0 Å². The normalized spacial score (nSPS) is 11.4. The minimum Gasteiger partial charge on any atom is -0.378 e. The Morgan fingerprint density at radius 1 is 1.04 bits per heavy atom. The topological polar surface area (TPSA) is 82.1 Å². The fourth-order valence-electron chi connectivity index (χ4n) is 2.59. The van der Waals surface area contributed by atoms with E-state index in [9.17, 15) is 0 Å². The van der Waals surface area contributed by atoms with Crippen molar-refractivity contribution < 1.29 is 0 Å². The van der Waals surface area contributed by atoms with Crippen LogP contribution in [0.15, 0.2) is 53.6 Å². The fraction of sp³-hybridized carbons (Fsp3) is 0.111. The molecular formula is C18H17N7. The molecule has 0 saturated carbocycles. The lowest BCUT2D eigenvalue weighted by molar-refractivity contribution is 1.01. The summed E-state index contributed by atoms with van der Waals surface area (Å²) in [5, 5.41) is 13.5. The number of hydrazone groups is 1. The predicted molar refractivity (Wildman–Crippen MR) is 101 cm³/mol. The van der Waals surface area contributed by atoms with Crippen LogP contribution in [0.25, 0.3) is 22.1 Å². The second-order valence-electron chi connectivity index (χ2n) is 5.86. The molecule has 2 heterocycles. The summed E-state index contributed by atoms with van der Waals surface area (Å²) in [6, 6.07) is 16.0. The van der Waals surface area contributed by atoms with Crippen LogP contribution in [0.1, 0.15) is 5.56 Å². The van der Waals surface area contributed by atoms with Gasteiger partial charge in [0.1, 0.15) is 5.52 Å². The van der Waals surface area contributed by atoms with Gasteiger partial charge in [0.25, 0.3) is 5.95 Å². The molecule has 124 valence electrons. The van der Waals surface area contributed by atoms with E-state index < -0.39 is 0 Å². The number of benzene rings is 2. The highest BCUT2D eigenvalue weighted by atomic mass is 15.4. The maximum Gasteiger partial charge on any atom is 0.265 e. The van der Waals surface area contributed by atoms with Crippen molar-refractivity contribution in [3.05, 3.63) is 54.1 Å².